The second kappa shape index (κ2) is 5.85. The van der Waals surface area contributed by atoms with Crippen molar-refractivity contribution in [3.05, 3.63) is 28.8 Å². The molecular formula is C14H16ClF3N2O. The van der Waals surface area contributed by atoms with Gasteiger partial charge in [0, 0.05) is 6.54 Å². The first kappa shape index (κ1) is 16.1. The van der Waals surface area contributed by atoms with E-state index in [-0.39, 0.29) is 10.7 Å². The first-order valence-corrected chi connectivity index (χ1v) is 7.06. The molecule has 1 aliphatic rings. The maximum atomic E-state index is 13.0. The van der Waals surface area contributed by atoms with Crippen LogP contribution in [0.1, 0.15) is 25.3 Å². The summed E-state index contributed by atoms with van der Waals surface area (Å²) in [7, 11) is 0. The minimum Gasteiger partial charge on any atom is -0.324 e. The number of carbonyl (C=O) groups excluding carboxylic acids is 1. The fourth-order valence-electron chi connectivity index (χ4n) is 2.53. The standard InChI is InChI=1S/C14H16ClF3N2O/c1-2-13(6-7-19-8-13)12(21)20-11-9(14(16,17)18)4-3-5-10(11)15/h3-5,19H,2,6-8H2,1H3,(H,20,21). The molecule has 2 rings (SSSR count). The second-order valence-electron chi connectivity index (χ2n) is 5.17. The Morgan fingerprint density at radius 1 is 1.48 bits per heavy atom. The Balaban J connectivity index is 2.33. The third kappa shape index (κ3) is 3.16. The first-order chi connectivity index (χ1) is 9.80. The van der Waals surface area contributed by atoms with Crippen LogP contribution in [0.2, 0.25) is 5.02 Å². The van der Waals surface area contributed by atoms with Gasteiger partial charge in [0.2, 0.25) is 5.91 Å². The largest absolute Gasteiger partial charge is 0.418 e. The Hall–Kier alpha value is -1.27. The molecule has 2 N–H and O–H groups in total. The van der Waals surface area contributed by atoms with Crippen LogP contribution >= 0.6 is 11.6 Å². The van der Waals surface area contributed by atoms with E-state index in [0.29, 0.717) is 25.9 Å². The summed E-state index contributed by atoms with van der Waals surface area (Å²) in [6.07, 6.45) is -3.42. The third-order valence-electron chi connectivity index (χ3n) is 3.96. The Morgan fingerprint density at radius 3 is 2.71 bits per heavy atom. The van der Waals surface area contributed by atoms with Crippen LogP contribution in [-0.2, 0) is 11.0 Å². The van der Waals surface area contributed by atoms with E-state index in [2.05, 4.69) is 10.6 Å². The predicted molar refractivity (Wildman–Crippen MR) is 75.3 cm³/mol. The van der Waals surface area contributed by atoms with Gasteiger partial charge in [-0.2, -0.15) is 13.2 Å². The summed E-state index contributed by atoms with van der Waals surface area (Å²) < 4.78 is 39.0. The van der Waals surface area contributed by atoms with Gasteiger partial charge in [-0.3, -0.25) is 4.79 Å². The van der Waals surface area contributed by atoms with E-state index < -0.39 is 23.1 Å². The molecule has 116 valence electrons. The lowest BCUT2D eigenvalue weighted by Crippen LogP contribution is -2.38. The molecule has 0 aromatic heterocycles. The maximum Gasteiger partial charge on any atom is 0.418 e. The Labute approximate surface area is 125 Å². The molecule has 1 atom stereocenters. The monoisotopic (exact) mass is 320 g/mol. The van der Waals surface area contributed by atoms with Gasteiger partial charge in [0.25, 0.3) is 0 Å². The minimum absolute atomic E-state index is 0.115. The summed E-state index contributed by atoms with van der Waals surface area (Å²) in [5.74, 6) is -0.423. The van der Waals surface area contributed by atoms with Gasteiger partial charge < -0.3 is 10.6 Å². The number of benzene rings is 1. The molecule has 1 unspecified atom stereocenters. The van der Waals surface area contributed by atoms with E-state index in [9.17, 15) is 18.0 Å². The van der Waals surface area contributed by atoms with Gasteiger partial charge in [0.1, 0.15) is 0 Å². The van der Waals surface area contributed by atoms with E-state index in [1.807, 2.05) is 6.92 Å². The van der Waals surface area contributed by atoms with Crippen LogP contribution in [0, 0.1) is 5.41 Å². The SMILES string of the molecule is CCC1(C(=O)Nc2c(Cl)cccc2C(F)(F)F)CCNC1. The molecule has 0 bridgehead atoms. The maximum absolute atomic E-state index is 13.0. The molecule has 0 saturated carbocycles. The zero-order valence-electron chi connectivity index (χ0n) is 11.5. The van der Waals surface area contributed by atoms with Gasteiger partial charge >= 0.3 is 6.18 Å². The summed E-state index contributed by atoms with van der Waals surface area (Å²) in [5, 5.41) is 5.35. The molecule has 1 aromatic rings. The molecule has 0 spiro atoms. The van der Waals surface area contributed by atoms with Crippen molar-refractivity contribution < 1.29 is 18.0 Å². The topological polar surface area (TPSA) is 41.1 Å². The molecule has 1 aromatic carbocycles. The van der Waals surface area contributed by atoms with Crippen LogP contribution < -0.4 is 10.6 Å². The Bertz CT molecular complexity index is 540. The lowest BCUT2D eigenvalue weighted by atomic mass is 9.83. The number of anilines is 1. The second-order valence-corrected chi connectivity index (χ2v) is 5.58. The number of amides is 1. The van der Waals surface area contributed by atoms with Crippen LogP contribution in [0.5, 0.6) is 0 Å². The number of halogens is 4. The molecule has 21 heavy (non-hydrogen) atoms. The highest BCUT2D eigenvalue weighted by Crippen LogP contribution is 2.40. The number of hydrogen-bond donors (Lipinski definition) is 2. The summed E-state index contributed by atoms with van der Waals surface area (Å²) in [6.45, 7) is 2.99. The van der Waals surface area contributed by atoms with Crippen LogP contribution in [0.15, 0.2) is 18.2 Å². The molecule has 1 aliphatic heterocycles. The van der Waals surface area contributed by atoms with Crippen LogP contribution in [0.25, 0.3) is 0 Å². The van der Waals surface area contributed by atoms with E-state index in [0.717, 1.165) is 6.07 Å². The minimum atomic E-state index is -4.57. The van der Waals surface area contributed by atoms with E-state index >= 15 is 0 Å². The van der Waals surface area contributed by atoms with Crippen molar-refractivity contribution in [2.75, 3.05) is 18.4 Å². The van der Waals surface area contributed by atoms with Crippen molar-refractivity contribution in [2.45, 2.75) is 25.9 Å². The number of rotatable bonds is 3. The van der Waals surface area contributed by atoms with Gasteiger partial charge in [-0.05, 0) is 31.5 Å². The molecule has 1 amide bonds. The average Bonchev–Trinajstić information content (AvgIpc) is 2.89. The van der Waals surface area contributed by atoms with Gasteiger partial charge in [-0.25, -0.2) is 0 Å². The zero-order chi connectivity index (χ0) is 15.7. The molecule has 1 saturated heterocycles. The number of carbonyl (C=O) groups is 1. The van der Waals surface area contributed by atoms with Crippen molar-refractivity contribution in [3.63, 3.8) is 0 Å². The molecule has 7 heteroatoms. The quantitative estimate of drug-likeness (QED) is 0.892. The van der Waals surface area contributed by atoms with Crippen LogP contribution in [0.4, 0.5) is 18.9 Å². The van der Waals surface area contributed by atoms with Crippen molar-refractivity contribution in [1.82, 2.24) is 5.32 Å². The van der Waals surface area contributed by atoms with Gasteiger partial charge in [-0.15, -0.1) is 0 Å². The van der Waals surface area contributed by atoms with Crippen molar-refractivity contribution in [3.8, 4) is 0 Å². The molecule has 3 nitrogen and oxygen atoms in total. The smallest absolute Gasteiger partial charge is 0.324 e. The van der Waals surface area contributed by atoms with Crippen molar-refractivity contribution in [2.24, 2.45) is 5.41 Å². The average molecular weight is 321 g/mol. The fraction of sp³-hybridized carbons (Fsp3) is 0.500. The van der Waals surface area contributed by atoms with Gasteiger partial charge in [0.15, 0.2) is 0 Å². The summed E-state index contributed by atoms with van der Waals surface area (Å²) >= 11 is 5.84. The Kier molecular flexibility index (Phi) is 4.49. The third-order valence-corrected chi connectivity index (χ3v) is 4.27. The highest BCUT2D eigenvalue weighted by molar-refractivity contribution is 6.34. The van der Waals surface area contributed by atoms with Crippen LogP contribution in [-0.4, -0.2) is 19.0 Å². The number of para-hydroxylation sites is 1. The van der Waals surface area contributed by atoms with Crippen molar-refractivity contribution in [1.29, 1.82) is 0 Å². The molecule has 1 heterocycles. The van der Waals surface area contributed by atoms with Gasteiger partial charge in [0.05, 0.1) is 21.7 Å². The number of alkyl halides is 3. The Morgan fingerprint density at radius 2 is 2.19 bits per heavy atom. The van der Waals surface area contributed by atoms with E-state index in [4.69, 9.17) is 11.6 Å². The zero-order valence-corrected chi connectivity index (χ0v) is 12.2. The molecule has 0 radical (unpaired) electrons. The number of hydrogen-bond acceptors (Lipinski definition) is 2. The van der Waals surface area contributed by atoms with Crippen LogP contribution in [0.3, 0.4) is 0 Å². The summed E-state index contributed by atoms with van der Waals surface area (Å²) in [6, 6.07) is 3.46. The fourth-order valence-corrected chi connectivity index (χ4v) is 2.76. The summed E-state index contributed by atoms with van der Waals surface area (Å²) in [4.78, 5) is 12.4. The highest BCUT2D eigenvalue weighted by atomic mass is 35.5. The normalized spacial score (nSPS) is 22.3. The first-order valence-electron chi connectivity index (χ1n) is 6.68. The van der Waals surface area contributed by atoms with E-state index in [1.54, 1.807) is 0 Å². The van der Waals surface area contributed by atoms with Gasteiger partial charge in [-0.1, -0.05) is 24.6 Å². The lowest BCUT2D eigenvalue weighted by Gasteiger charge is -2.26. The molecule has 0 aliphatic carbocycles. The number of nitrogens with one attached hydrogen (secondary N) is 2. The lowest BCUT2D eigenvalue weighted by molar-refractivity contribution is -0.137. The molecular weight excluding hydrogens is 305 g/mol. The van der Waals surface area contributed by atoms with E-state index in [1.165, 1.54) is 12.1 Å². The summed E-state index contributed by atoms with van der Waals surface area (Å²) in [5.41, 5.74) is -1.97. The predicted octanol–water partition coefficient (Wildman–Crippen LogP) is 3.69. The highest BCUT2D eigenvalue weighted by Gasteiger charge is 2.41. The van der Waals surface area contributed by atoms with Crippen molar-refractivity contribution >= 4 is 23.2 Å². The molecule has 1 fully saturated rings.